The van der Waals surface area contributed by atoms with Crippen LogP contribution in [0.5, 0.6) is 0 Å². The number of ether oxygens (including phenoxy) is 1. The normalized spacial score (nSPS) is 23.4. The first-order valence-electron chi connectivity index (χ1n) is 16.7. The van der Waals surface area contributed by atoms with Crippen LogP contribution in [0.3, 0.4) is 0 Å². The summed E-state index contributed by atoms with van der Waals surface area (Å²) in [5, 5.41) is 5.94. The van der Waals surface area contributed by atoms with Crippen LogP contribution in [0.1, 0.15) is 26.2 Å². The number of benzene rings is 4. The number of fused-ring (bicyclic) bond motifs is 5. The Morgan fingerprint density at radius 3 is 1.38 bits per heavy atom. The molecule has 0 saturated heterocycles. The van der Waals surface area contributed by atoms with Gasteiger partial charge < -0.3 is 4.74 Å². The van der Waals surface area contributed by atoms with E-state index in [1.807, 2.05) is 0 Å². The zero-order chi connectivity index (χ0) is 35.0. The van der Waals surface area contributed by atoms with Gasteiger partial charge in [0.25, 0.3) is 0 Å². The molecule has 2 bridgehead atoms. The molecule has 3 aliphatic carbocycles. The van der Waals surface area contributed by atoms with Crippen molar-refractivity contribution in [2.45, 2.75) is 32.3 Å². The molecular weight excluding hydrogens is 889 g/mol. The van der Waals surface area contributed by atoms with E-state index in [1.54, 1.807) is 0 Å². The smallest absolute Gasteiger partial charge is 0.0622 e. The van der Waals surface area contributed by atoms with Gasteiger partial charge in [-0.3, -0.25) is 6.42 Å². The first kappa shape index (κ1) is 41.5. The molecule has 0 amide bonds. The van der Waals surface area contributed by atoms with Crippen molar-refractivity contribution in [3.05, 3.63) is 141 Å². The third-order valence-electron chi connectivity index (χ3n) is 9.10. The van der Waals surface area contributed by atoms with E-state index in [2.05, 4.69) is 148 Å². The quantitative estimate of drug-likeness (QED) is 0.0667. The summed E-state index contributed by atoms with van der Waals surface area (Å²) < 4.78 is 65.3. The van der Waals surface area contributed by atoms with E-state index in [9.17, 15) is 16.9 Å². The monoisotopic (exact) mass is 930 g/mol. The molecule has 0 unspecified atom stereocenters. The van der Waals surface area contributed by atoms with Crippen molar-refractivity contribution in [1.29, 1.82) is 0 Å². The summed E-state index contributed by atoms with van der Waals surface area (Å²) in [5.74, 6) is 3.48. The van der Waals surface area contributed by atoms with Gasteiger partial charge in [0, 0.05) is 6.61 Å². The average Bonchev–Trinajstić information content (AvgIpc) is 3.81. The van der Waals surface area contributed by atoms with Crippen LogP contribution in [0.2, 0.25) is 0 Å². The van der Waals surface area contributed by atoms with Crippen LogP contribution < -0.4 is 21.2 Å². The molecule has 3 saturated carbocycles. The van der Waals surface area contributed by atoms with E-state index in [-0.39, 0.29) is 36.3 Å². The molecule has 3 aliphatic rings. The van der Waals surface area contributed by atoms with Gasteiger partial charge in [0.15, 0.2) is 0 Å². The Balaban J connectivity index is 0.000000219. The van der Waals surface area contributed by atoms with E-state index < -0.39 is 19.5 Å². The molecule has 0 heterocycles. The first-order chi connectivity index (χ1) is 23.3. The molecule has 50 heavy (non-hydrogen) atoms. The Morgan fingerprint density at radius 1 is 0.640 bits per heavy atom. The van der Waals surface area contributed by atoms with E-state index in [4.69, 9.17) is 4.74 Å². The van der Waals surface area contributed by atoms with Crippen molar-refractivity contribution < 1.29 is 42.0 Å². The number of halogens is 6. The summed E-state index contributed by atoms with van der Waals surface area (Å²) in [5.41, 5.74) is 0. The van der Waals surface area contributed by atoms with Crippen LogP contribution in [0.15, 0.2) is 121 Å². The van der Waals surface area contributed by atoms with Gasteiger partial charge in [-0.2, -0.15) is 5.92 Å². The minimum absolute atomic E-state index is 0. The van der Waals surface area contributed by atoms with Gasteiger partial charge in [-0.15, -0.1) is 0 Å². The maximum atomic E-state index is 9.93. The van der Waals surface area contributed by atoms with Crippen molar-refractivity contribution in [2.24, 2.45) is 23.7 Å². The van der Waals surface area contributed by atoms with Gasteiger partial charge in [-0.25, -0.2) is 0 Å². The van der Waals surface area contributed by atoms with Crippen LogP contribution in [0, 0.1) is 42.9 Å². The minimum atomic E-state index is -11.2. The molecule has 272 valence electrons. The van der Waals surface area contributed by atoms with Crippen molar-refractivity contribution >= 4 is 56.5 Å². The van der Waals surface area contributed by atoms with Crippen LogP contribution in [0.4, 0.5) is 16.9 Å². The Labute approximate surface area is 312 Å². The molecular formula is C39H43F6OP2PdSb. The van der Waals surface area contributed by atoms with Gasteiger partial charge in [0.2, 0.25) is 0 Å². The van der Waals surface area contributed by atoms with Crippen LogP contribution in [-0.4, -0.2) is 44.5 Å². The summed E-state index contributed by atoms with van der Waals surface area (Å²) in [7, 11) is -0.618. The molecule has 0 aromatic heterocycles. The summed E-state index contributed by atoms with van der Waals surface area (Å²) in [6.45, 7) is 2.97. The number of rotatable bonds is 10. The second-order valence-corrected chi connectivity index (χ2v) is 22.7. The Hall–Kier alpha value is -1.24. The number of hydrogen-bond acceptors (Lipinski definition) is 1. The molecule has 4 aromatic carbocycles. The van der Waals surface area contributed by atoms with Gasteiger partial charge in [0.05, 0.1) is 0 Å². The molecule has 0 spiro atoms. The molecule has 0 N–H and O–H groups in total. The Morgan fingerprint density at radius 2 is 1.02 bits per heavy atom. The van der Waals surface area contributed by atoms with Crippen molar-refractivity contribution in [2.75, 3.05) is 18.9 Å². The summed E-state index contributed by atoms with van der Waals surface area (Å²) >= 11 is -11.2. The first-order valence-corrected chi connectivity index (χ1v) is 25.6. The minimum Gasteiger partial charge on any atom is -0.0622 e. The predicted molar refractivity (Wildman–Crippen MR) is 196 cm³/mol. The second-order valence-electron chi connectivity index (χ2n) is 12.5. The van der Waals surface area contributed by atoms with Crippen molar-refractivity contribution in [3.8, 4) is 0 Å². The summed E-state index contributed by atoms with van der Waals surface area (Å²) in [6.07, 6.45) is 14.2. The van der Waals surface area contributed by atoms with Crippen molar-refractivity contribution in [3.63, 3.8) is 0 Å². The largest absolute Gasteiger partial charge is 2.00 e. The standard InChI is InChI=1S/C27H26P2.C12H17O.6FH.Pd.Sb/c1-5-14-24(15-6-1)28(25-16-7-2-8-17-25)22-13-23-29(26-18-9-3-10-19-26)27-20-11-4-12-21-27;1-2-13-12-7-8-6-11(12)10-5-3-4-9(8)10;;;;;;;;/h1-12,14-21H,13,22-23H2;3-4,7-12H,2,5-6H2,1H3;6*1H;;/q;-1;;;;;;;+2;+5/p-6/t;8-,9+,10+,11-,12-;;;;;;;;/m.0......../s1. The topological polar surface area (TPSA) is 9.23 Å². The van der Waals surface area contributed by atoms with Crippen molar-refractivity contribution in [1.82, 2.24) is 0 Å². The summed E-state index contributed by atoms with van der Waals surface area (Å²) in [4.78, 5) is 0. The van der Waals surface area contributed by atoms with Gasteiger partial charge in [0.1, 0.15) is 0 Å². The Bertz CT molecular complexity index is 1400. The molecule has 2 radical (unpaired) electrons. The van der Waals surface area contributed by atoms with E-state index >= 15 is 0 Å². The average molecular weight is 932 g/mol. The zero-order valence-electron chi connectivity index (χ0n) is 27.7. The van der Waals surface area contributed by atoms with E-state index in [1.165, 1.54) is 52.8 Å². The van der Waals surface area contributed by atoms with E-state index in [0.29, 0.717) is 6.10 Å². The fraction of sp³-hybridized carbons (Fsp3) is 0.308. The van der Waals surface area contributed by atoms with Gasteiger partial charge in [-0.05, 0) is 93.8 Å². The maximum Gasteiger partial charge on any atom is 2.00 e. The van der Waals surface area contributed by atoms with Gasteiger partial charge in [-0.1, -0.05) is 140 Å². The fourth-order valence-corrected chi connectivity index (χ4v) is 12.2. The second kappa shape index (κ2) is 17.7. The zero-order valence-corrected chi connectivity index (χ0v) is 33.6. The number of hydrogen-bond donors (Lipinski definition) is 0. The third-order valence-corrected chi connectivity index (χ3v) is 14.3. The molecule has 5 atom stereocenters. The molecule has 1 nitrogen and oxygen atoms in total. The molecule has 4 aromatic rings. The van der Waals surface area contributed by atoms with E-state index in [0.717, 1.165) is 30.3 Å². The molecule has 7 rings (SSSR count). The SMILES string of the molecule is CCO[C@H]1[CH-][C@@H]2C[C@H]1[C@@H]1C[CH][CH][C@@H]12.[F][Sb-]([F])([F])([F])([F])[F].[Pd+2].c1ccc(P(CCCP(c2ccccc2)c2ccccc2)c2ccccc2)cc1. The fourth-order valence-electron chi connectivity index (χ4n) is 7.24. The summed E-state index contributed by atoms with van der Waals surface area (Å²) in [6, 6.07) is 44.3. The van der Waals surface area contributed by atoms with Gasteiger partial charge >= 0.3 is 56.8 Å². The Kier molecular flexibility index (Phi) is 14.7. The third kappa shape index (κ3) is 13.3. The molecule has 0 aliphatic heterocycles. The molecule has 3 fully saturated rings. The maximum absolute atomic E-state index is 11.2. The predicted octanol–water partition coefficient (Wildman–Crippen LogP) is 10.1. The van der Waals surface area contributed by atoms with Crippen LogP contribution in [0.25, 0.3) is 0 Å². The van der Waals surface area contributed by atoms with Crippen LogP contribution >= 0.6 is 15.8 Å². The van der Waals surface area contributed by atoms with Crippen LogP contribution in [-0.2, 0) is 25.2 Å². The molecule has 11 heteroatoms.